The SMILES string of the molecule is COc1cc(OC2OC(COCc3c[nH]c4ccccc34)C(O)C(O)C2O)c2c(O)c(C(C)=O)c(C)cc2c1. The number of aliphatic hydroxyl groups is 3. The summed E-state index contributed by atoms with van der Waals surface area (Å²) in [4.78, 5) is 15.4. The van der Waals surface area contributed by atoms with Gasteiger partial charge in [-0.25, -0.2) is 0 Å². The van der Waals surface area contributed by atoms with E-state index in [2.05, 4.69) is 4.98 Å². The maximum Gasteiger partial charge on any atom is 0.229 e. The molecule has 5 rings (SSSR count). The van der Waals surface area contributed by atoms with E-state index in [1.165, 1.54) is 20.1 Å². The molecule has 0 amide bonds. The van der Waals surface area contributed by atoms with Gasteiger partial charge in [-0.2, -0.15) is 0 Å². The summed E-state index contributed by atoms with van der Waals surface area (Å²) in [6.45, 7) is 3.19. The average molecular weight is 538 g/mol. The highest BCUT2D eigenvalue weighted by atomic mass is 16.7. The molecule has 10 heteroatoms. The number of para-hydroxylation sites is 1. The topological polar surface area (TPSA) is 151 Å². The van der Waals surface area contributed by atoms with Crippen molar-refractivity contribution in [1.29, 1.82) is 0 Å². The third-order valence-corrected chi connectivity index (χ3v) is 7.06. The highest BCUT2D eigenvalue weighted by Gasteiger charge is 2.45. The Bertz CT molecular complexity index is 1510. The summed E-state index contributed by atoms with van der Waals surface area (Å²) in [7, 11) is 1.47. The summed E-state index contributed by atoms with van der Waals surface area (Å²) >= 11 is 0. The largest absolute Gasteiger partial charge is 0.506 e. The van der Waals surface area contributed by atoms with Gasteiger partial charge in [0.1, 0.15) is 41.7 Å². The zero-order valence-corrected chi connectivity index (χ0v) is 21.7. The van der Waals surface area contributed by atoms with Crippen LogP contribution in [0.25, 0.3) is 21.7 Å². The fraction of sp³-hybridized carbons (Fsp3) is 0.345. The molecule has 206 valence electrons. The summed E-state index contributed by atoms with van der Waals surface area (Å²) in [6, 6.07) is 12.7. The standard InChI is InChI=1S/C29H31NO9/c1-14-8-16-9-18(36-3)10-21(24(16)26(33)23(14)15(2)31)38-29-28(35)27(34)25(32)22(39-29)13-37-12-17-11-30-20-7-5-4-6-19(17)20/h4-11,22,25,27-30,32-35H,12-13H2,1-3H3. The van der Waals surface area contributed by atoms with E-state index in [0.717, 1.165) is 16.5 Å². The fourth-order valence-corrected chi connectivity index (χ4v) is 5.06. The third-order valence-electron chi connectivity index (χ3n) is 7.06. The van der Waals surface area contributed by atoms with Gasteiger partial charge in [-0.1, -0.05) is 24.3 Å². The molecule has 5 N–H and O–H groups in total. The van der Waals surface area contributed by atoms with Crippen LogP contribution >= 0.6 is 0 Å². The Morgan fingerprint density at radius 1 is 1.08 bits per heavy atom. The minimum Gasteiger partial charge on any atom is -0.506 e. The minimum atomic E-state index is -1.62. The second-order valence-corrected chi connectivity index (χ2v) is 9.70. The summed E-state index contributed by atoms with van der Waals surface area (Å²) in [5.41, 5.74) is 2.60. The van der Waals surface area contributed by atoms with Crippen LogP contribution in [0.15, 0.2) is 48.7 Å². The van der Waals surface area contributed by atoms with E-state index in [4.69, 9.17) is 18.9 Å². The van der Waals surface area contributed by atoms with E-state index in [-0.39, 0.29) is 41.4 Å². The van der Waals surface area contributed by atoms with Gasteiger partial charge in [0, 0.05) is 28.7 Å². The molecule has 1 aliphatic rings. The molecular formula is C29H31NO9. The zero-order chi connectivity index (χ0) is 27.8. The van der Waals surface area contributed by atoms with Crippen LogP contribution in [0, 0.1) is 6.92 Å². The number of aliphatic hydroxyl groups excluding tert-OH is 3. The first kappa shape index (κ1) is 26.9. The van der Waals surface area contributed by atoms with Gasteiger partial charge in [0.05, 0.1) is 31.3 Å². The summed E-state index contributed by atoms with van der Waals surface area (Å²) in [6.07, 6.45) is -5.27. The van der Waals surface area contributed by atoms with Crippen molar-refractivity contribution < 1.29 is 44.2 Å². The number of H-pyrrole nitrogens is 1. The van der Waals surface area contributed by atoms with E-state index in [1.807, 2.05) is 30.5 Å². The number of methoxy groups -OCH3 is 1. The number of carbonyl (C=O) groups excluding carboxylic acids is 1. The second kappa shape index (κ2) is 10.8. The van der Waals surface area contributed by atoms with Crippen LogP contribution in [0.4, 0.5) is 0 Å². The fourth-order valence-electron chi connectivity index (χ4n) is 5.06. The molecule has 1 aromatic heterocycles. The Labute approximate surface area is 224 Å². The molecule has 1 fully saturated rings. The number of aromatic amines is 1. The number of ether oxygens (including phenoxy) is 4. The first-order valence-electron chi connectivity index (χ1n) is 12.5. The number of ketones is 1. The summed E-state index contributed by atoms with van der Waals surface area (Å²) < 4.78 is 23.0. The number of benzene rings is 3. The number of aromatic nitrogens is 1. The van der Waals surface area contributed by atoms with Crippen LogP contribution in [0.3, 0.4) is 0 Å². The van der Waals surface area contributed by atoms with E-state index in [0.29, 0.717) is 16.7 Å². The molecule has 1 aliphatic heterocycles. The lowest BCUT2D eigenvalue weighted by molar-refractivity contribution is -0.280. The molecule has 5 unspecified atom stereocenters. The molecule has 0 bridgehead atoms. The predicted molar refractivity (Wildman–Crippen MR) is 142 cm³/mol. The number of hydrogen-bond acceptors (Lipinski definition) is 9. The highest BCUT2D eigenvalue weighted by Crippen LogP contribution is 2.42. The summed E-state index contributed by atoms with van der Waals surface area (Å²) in [5, 5.41) is 44.6. The predicted octanol–water partition coefficient (Wildman–Crippen LogP) is 2.95. The van der Waals surface area contributed by atoms with E-state index in [9.17, 15) is 25.2 Å². The van der Waals surface area contributed by atoms with E-state index in [1.54, 1.807) is 19.1 Å². The smallest absolute Gasteiger partial charge is 0.229 e. The minimum absolute atomic E-state index is 0.0652. The van der Waals surface area contributed by atoms with E-state index < -0.39 is 30.7 Å². The first-order chi connectivity index (χ1) is 18.7. The van der Waals surface area contributed by atoms with Crippen molar-refractivity contribution in [3.63, 3.8) is 0 Å². The van der Waals surface area contributed by atoms with Crippen molar-refractivity contribution >= 4 is 27.5 Å². The molecule has 4 aromatic rings. The molecule has 1 saturated heterocycles. The number of aromatic hydroxyl groups is 1. The Hall–Kier alpha value is -3.67. The lowest BCUT2D eigenvalue weighted by Crippen LogP contribution is -2.60. The zero-order valence-electron chi connectivity index (χ0n) is 21.7. The molecule has 0 spiro atoms. The van der Waals surface area contributed by atoms with Crippen molar-refractivity contribution in [2.75, 3.05) is 13.7 Å². The number of carbonyl (C=O) groups is 1. The number of rotatable bonds is 8. The number of fused-ring (bicyclic) bond motifs is 2. The van der Waals surface area contributed by atoms with Gasteiger partial charge in [0.25, 0.3) is 0 Å². The Morgan fingerprint density at radius 3 is 2.59 bits per heavy atom. The quantitative estimate of drug-likeness (QED) is 0.214. The molecule has 0 aliphatic carbocycles. The lowest BCUT2D eigenvalue weighted by Gasteiger charge is -2.40. The molecule has 0 radical (unpaired) electrons. The molecule has 10 nitrogen and oxygen atoms in total. The van der Waals surface area contributed by atoms with Crippen LogP contribution in [0.1, 0.15) is 28.4 Å². The van der Waals surface area contributed by atoms with Crippen LogP contribution in [0.2, 0.25) is 0 Å². The van der Waals surface area contributed by atoms with Crippen molar-refractivity contribution in [2.45, 2.75) is 51.2 Å². The van der Waals surface area contributed by atoms with Crippen molar-refractivity contribution in [3.05, 3.63) is 65.4 Å². The highest BCUT2D eigenvalue weighted by molar-refractivity contribution is 6.07. The number of nitrogens with one attached hydrogen (secondary N) is 1. The van der Waals surface area contributed by atoms with Gasteiger partial charge in [0.2, 0.25) is 6.29 Å². The normalized spacial score (nSPS) is 23.3. The van der Waals surface area contributed by atoms with Crippen LogP contribution in [0.5, 0.6) is 17.2 Å². The average Bonchev–Trinajstić information content (AvgIpc) is 3.32. The van der Waals surface area contributed by atoms with Gasteiger partial charge in [-0.3, -0.25) is 4.79 Å². The lowest BCUT2D eigenvalue weighted by atomic mass is 9.96. The Balaban J connectivity index is 1.39. The first-order valence-corrected chi connectivity index (χ1v) is 12.5. The molecule has 5 atom stereocenters. The molecule has 2 heterocycles. The monoisotopic (exact) mass is 537 g/mol. The number of phenolic OH excluding ortho intramolecular Hbond substituents is 1. The van der Waals surface area contributed by atoms with Crippen molar-refractivity contribution in [2.24, 2.45) is 0 Å². The van der Waals surface area contributed by atoms with Crippen LogP contribution in [-0.2, 0) is 16.1 Å². The second-order valence-electron chi connectivity index (χ2n) is 9.70. The summed E-state index contributed by atoms with van der Waals surface area (Å²) in [5.74, 6) is -0.139. The van der Waals surface area contributed by atoms with Gasteiger partial charge >= 0.3 is 0 Å². The Kier molecular flexibility index (Phi) is 7.48. The van der Waals surface area contributed by atoms with Crippen LogP contribution < -0.4 is 9.47 Å². The number of hydrogen-bond donors (Lipinski definition) is 5. The molecule has 3 aromatic carbocycles. The Morgan fingerprint density at radius 2 is 1.85 bits per heavy atom. The number of aryl methyl sites for hydroxylation is 1. The number of phenols is 1. The maximum absolute atomic E-state index is 12.2. The molecular weight excluding hydrogens is 506 g/mol. The van der Waals surface area contributed by atoms with Gasteiger partial charge in [0.15, 0.2) is 5.78 Å². The van der Waals surface area contributed by atoms with Crippen LogP contribution in [-0.4, -0.2) is 75.6 Å². The maximum atomic E-state index is 12.2. The van der Waals surface area contributed by atoms with Crippen molar-refractivity contribution in [1.82, 2.24) is 4.98 Å². The number of Topliss-reactive ketones (excluding diaryl/α,β-unsaturated/α-hetero) is 1. The van der Waals surface area contributed by atoms with E-state index >= 15 is 0 Å². The van der Waals surface area contributed by atoms with Gasteiger partial charge < -0.3 is 44.4 Å². The van der Waals surface area contributed by atoms with Gasteiger partial charge in [-0.05, 0) is 36.9 Å². The molecule has 39 heavy (non-hydrogen) atoms. The van der Waals surface area contributed by atoms with Gasteiger partial charge in [-0.15, -0.1) is 0 Å². The molecule has 0 saturated carbocycles. The van der Waals surface area contributed by atoms with Crippen molar-refractivity contribution in [3.8, 4) is 17.2 Å². The third kappa shape index (κ3) is 5.05.